The summed E-state index contributed by atoms with van der Waals surface area (Å²) in [6, 6.07) is 4.78. The lowest BCUT2D eigenvalue weighted by molar-refractivity contribution is -0.136. The zero-order valence-electron chi connectivity index (χ0n) is 8.91. The van der Waals surface area contributed by atoms with Crippen LogP contribution < -0.4 is 5.30 Å². The molecule has 1 aromatic rings. The van der Waals surface area contributed by atoms with Crippen molar-refractivity contribution in [1.29, 1.82) is 0 Å². The average molecular weight is 252 g/mol. The minimum atomic E-state index is -4.51. The summed E-state index contributed by atoms with van der Waals surface area (Å²) in [5.74, 6) is 0. The Labute approximate surface area is 91.9 Å². The first-order valence-corrected chi connectivity index (χ1v) is 6.75. The zero-order valence-corrected chi connectivity index (χ0v) is 9.81. The van der Waals surface area contributed by atoms with Gasteiger partial charge in [0, 0.05) is 12.0 Å². The van der Waals surface area contributed by atoms with Gasteiger partial charge in [0.2, 0.25) is 7.37 Å². The van der Waals surface area contributed by atoms with Gasteiger partial charge in [0.25, 0.3) is 0 Å². The SMILES string of the molecule is CCOP(C)(=O)c1ccccc1C(F)(F)F. The minimum absolute atomic E-state index is 0.111. The highest BCUT2D eigenvalue weighted by atomic mass is 31.2. The lowest BCUT2D eigenvalue weighted by atomic mass is 10.2. The number of alkyl halides is 3. The molecule has 0 amide bonds. The van der Waals surface area contributed by atoms with Gasteiger partial charge in [0.1, 0.15) is 0 Å². The van der Waals surface area contributed by atoms with E-state index in [1.165, 1.54) is 24.9 Å². The van der Waals surface area contributed by atoms with Crippen molar-refractivity contribution >= 4 is 12.7 Å². The van der Waals surface area contributed by atoms with Crippen LogP contribution in [0.5, 0.6) is 0 Å². The monoisotopic (exact) mass is 252 g/mol. The molecule has 90 valence electrons. The Bertz CT molecular complexity index is 415. The molecule has 2 nitrogen and oxygen atoms in total. The molecule has 0 aliphatic heterocycles. The molecule has 0 spiro atoms. The third-order valence-corrected chi connectivity index (χ3v) is 4.04. The van der Waals surface area contributed by atoms with Crippen molar-refractivity contribution in [2.75, 3.05) is 13.3 Å². The van der Waals surface area contributed by atoms with E-state index in [0.29, 0.717) is 0 Å². The highest BCUT2D eigenvalue weighted by Gasteiger charge is 2.37. The average Bonchev–Trinajstić information content (AvgIpc) is 2.16. The van der Waals surface area contributed by atoms with Gasteiger partial charge in [-0.05, 0) is 19.1 Å². The van der Waals surface area contributed by atoms with Crippen molar-refractivity contribution in [2.45, 2.75) is 13.1 Å². The fraction of sp³-hybridized carbons (Fsp3) is 0.400. The molecule has 0 fully saturated rings. The van der Waals surface area contributed by atoms with E-state index in [1.54, 1.807) is 6.92 Å². The van der Waals surface area contributed by atoms with Crippen molar-refractivity contribution in [2.24, 2.45) is 0 Å². The summed E-state index contributed by atoms with van der Waals surface area (Å²) < 4.78 is 54.8. The molecule has 0 aromatic heterocycles. The van der Waals surface area contributed by atoms with E-state index in [0.717, 1.165) is 6.07 Å². The van der Waals surface area contributed by atoms with Crippen molar-refractivity contribution in [3.05, 3.63) is 29.8 Å². The topological polar surface area (TPSA) is 26.3 Å². The summed E-state index contributed by atoms with van der Waals surface area (Å²) in [6.45, 7) is 2.90. The summed E-state index contributed by atoms with van der Waals surface area (Å²) in [5.41, 5.74) is -0.894. The fourth-order valence-corrected chi connectivity index (χ4v) is 3.01. The van der Waals surface area contributed by atoms with Gasteiger partial charge in [-0.1, -0.05) is 12.1 Å². The predicted octanol–water partition coefficient (Wildman–Crippen LogP) is 3.28. The number of rotatable bonds is 3. The Morgan fingerprint density at radius 3 is 2.38 bits per heavy atom. The van der Waals surface area contributed by atoms with Crippen molar-refractivity contribution in [1.82, 2.24) is 0 Å². The fourth-order valence-electron chi connectivity index (χ4n) is 1.38. The Hall–Kier alpha value is -0.800. The largest absolute Gasteiger partial charge is 0.417 e. The molecule has 1 atom stereocenters. The van der Waals surface area contributed by atoms with Gasteiger partial charge in [-0.3, -0.25) is 4.57 Å². The van der Waals surface area contributed by atoms with Crippen LogP contribution in [0.15, 0.2) is 24.3 Å². The van der Waals surface area contributed by atoms with Crippen LogP contribution in [-0.2, 0) is 15.3 Å². The van der Waals surface area contributed by atoms with Crippen LogP contribution in [0, 0.1) is 0 Å². The summed E-state index contributed by atoms with van der Waals surface area (Å²) in [7, 11) is -3.40. The molecule has 1 rings (SSSR count). The standard InChI is InChI=1S/C10H12F3O2P/c1-3-15-16(2,14)9-7-5-4-6-8(9)10(11,12)13/h4-7H,3H2,1-2H3. The van der Waals surface area contributed by atoms with Crippen LogP contribution in [0.3, 0.4) is 0 Å². The number of benzene rings is 1. The van der Waals surface area contributed by atoms with Crippen LogP contribution in [0.25, 0.3) is 0 Å². The van der Waals surface area contributed by atoms with Crippen LogP contribution in [-0.4, -0.2) is 13.3 Å². The highest BCUT2D eigenvalue weighted by molar-refractivity contribution is 7.66. The van der Waals surface area contributed by atoms with E-state index in [2.05, 4.69) is 0 Å². The normalized spacial score (nSPS) is 15.8. The molecule has 6 heteroatoms. The lowest BCUT2D eigenvalue weighted by Crippen LogP contribution is -2.20. The molecule has 0 aliphatic carbocycles. The minimum Gasteiger partial charge on any atom is -0.326 e. The predicted molar refractivity (Wildman–Crippen MR) is 56.2 cm³/mol. The summed E-state index contributed by atoms with van der Waals surface area (Å²) in [4.78, 5) is 0. The van der Waals surface area contributed by atoms with Gasteiger partial charge in [-0.25, -0.2) is 0 Å². The number of halogens is 3. The molecule has 0 saturated heterocycles. The van der Waals surface area contributed by atoms with Gasteiger partial charge in [-0.2, -0.15) is 13.2 Å². The summed E-state index contributed by atoms with van der Waals surface area (Å²) >= 11 is 0. The molecule has 1 aromatic carbocycles. The Morgan fingerprint density at radius 2 is 1.88 bits per heavy atom. The van der Waals surface area contributed by atoms with Gasteiger partial charge in [0.05, 0.1) is 12.2 Å². The molecule has 0 radical (unpaired) electrons. The van der Waals surface area contributed by atoms with E-state index in [-0.39, 0.29) is 11.9 Å². The second-order valence-electron chi connectivity index (χ2n) is 3.28. The van der Waals surface area contributed by atoms with Crippen LogP contribution in [0.1, 0.15) is 12.5 Å². The molecular formula is C10H12F3O2P. The maximum atomic E-state index is 12.6. The first-order valence-electron chi connectivity index (χ1n) is 4.68. The molecule has 0 bridgehead atoms. The van der Waals surface area contributed by atoms with Crippen molar-refractivity contribution in [3.63, 3.8) is 0 Å². The van der Waals surface area contributed by atoms with E-state index in [4.69, 9.17) is 4.52 Å². The van der Waals surface area contributed by atoms with E-state index < -0.39 is 19.1 Å². The molecule has 0 N–H and O–H groups in total. The zero-order chi connectivity index (χ0) is 12.4. The molecule has 0 saturated carbocycles. The maximum absolute atomic E-state index is 12.6. The molecule has 0 heterocycles. The Morgan fingerprint density at radius 1 is 1.31 bits per heavy atom. The van der Waals surface area contributed by atoms with Crippen molar-refractivity contribution < 1.29 is 22.3 Å². The van der Waals surface area contributed by atoms with Crippen LogP contribution in [0.4, 0.5) is 13.2 Å². The highest BCUT2D eigenvalue weighted by Crippen LogP contribution is 2.45. The smallest absolute Gasteiger partial charge is 0.326 e. The van der Waals surface area contributed by atoms with Crippen LogP contribution in [0.2, 0.25) is 0 Å². The summed E-state index contributed by atoms with van der Waals surface area (Å²) in [5, 5.41) is -0.274. The summed E-state index contributed by atoms with van der Waals surface area (Å²) in [6.07, 6.45) is -4.51. The van der Waals surface area contributed by atoms with Crippen molar-refractivity contribution in [3.8, 4) is 0 Å². The number of hydrogen-bond acceptors (Lipinski definition) is 2. The van der Waals surface area contributed by atoms with Gasteiger partial charge in [0.15, 0.2) is 0 Å². The molecule has 1 unspecified atom stereocenters. The molecular weight excluding hydrogens is 240 g/mol. The van der Waals surface area contributed by atoms with Gasteiger partial charge < -0.3 is 4.52 Å². The third-order valence-electron chi connectivity index (χ3n) is 2.02. The van der Waals surface area contributed by atoms with E-state index in [1.807, 2.05) is 0 Å². The maximum Gasteiger partial charge on any atom is 0.417 e. The second-order valence-corrected chi connectivity index (χ2v) is 5.71. The van der Waals surface area contributed by atoms with Gasteiger partial charge in [-0.15, -0.1) is 0 Å². The Balaban J connectivity index is 3.29. The van der Waals surface area contributed by atoms with E-state index in [9.17, 15) is 17.7 Å². The Kier molecular flexibility index (Phi) is 3.81. The van der Waals surface area contributed by atoms with Crippen LogP contribution >= 0.6 is 7.37 Å². The van der Waals surface area contributed by atoms with Gasteiger partial charge >= 0.3 is 6.18 Å². The quantitative estimate of drug-likeness (QED) is 0.772. The number of hydrogen-bond donors (Lipinski definition) is 0. The first kappa shape index (κ1) is 13.3. The molecule has 0 aliphatic rings. The van der Waals surface area contributed by atoms with E-state index >= 15 is 0 Å². The first-order chi connectivity index (χ1) is 7.29. The third kappa shape index (κ3) is 2.86. The second kappa shape index (κ2) is 4.60. The molecule has 16 heavy (non-hydrogen) atoms. The lowest BCUT2D eigenvalue weighted by Gasteiger charge is -2.18.